The molecular weight excluding hydrogens is 340 g/mol. The highest BCUT2D eigenvalue weighted by Gasteiger charge is 2.10. The van der Waals surface area contributed by atoms with Crippen molar-refractivity contribution in [3.8, 4) is 11.3 Å². The molecule has 2 aromatic carbocycles. The van der Waals surface area contributed by atoms with Crippen LogP contribution in [0.1, 0.15) is 25.8 Å². The largest absolute Gasteiger partial charge is 0.322 e. The summed E-state index contributed by atoms with van der Waals surface area (Å²) in [5.74, 6) is -0.160. The zero-order chi connectivity index (χ0) is 17.3. The van der Waals surface area contributed by atoms with Crippen molar-refractivity contribution in [2.75, 3.05) is 5.32 Å². The Hall–Kier alpha value is -2.17. The van der Waals surface area contributed by atoms with Crippen molar-refractivity contribution in [2.24, 2.45) is 0 Å². The maximum Gasteiger partial charge on any atom is 0.255 e. The molecule has 1 N–H and O–H groups in total. The molecular formula is C19H17ClN2OS. The van der Waals surface area contributed by atoms with Gasteiger partial charge in [0.25, 0.3) is 5.91 Å². The van der Waals surface area contributed by atoms with Gasteiger partial charge in [-0.15, -0.1) is 11.3 Å². The van der Waals surface area contributed by atoms with Crippen LogP contribution in [-0.4, -0.2) is 10.9 Å². The zero-order valence-corrected chi connectivity index (χ0v) is 15.3. The topological polar surface area (TPSA) is 42.0 Å². The molecule has 0 aliphatic rings. The number of hydrogen-bond acceptors (Lipinski definition) is 3. The molecule has 24 heavy (non-hydrogen) atoms. The van der Waals surface area contributed by atoms with Crippen LogP contribution >= 0.6 is 22.9 Å². The van der Waals surface area contributed by atoms with E-state index in [1.54, 1.807) is 17.4 Å². The van der Waals surface area contributed by atoms with Gasteiger partial charge in [-0.05, 0) is 50.6 Å². The van der Waals surface area contributed by atoms with E-state index in [0.29, 0.717) is 16.3 Å². The predicted octanol–water partition coefficient (Wildman–Crippen LogP) is 5.64. The lowest BCUT2D eigenvalue weighted by Gasteiger charge is -2.07. The fourth-order valence-electron chi connectivity index (χ4n) is 2.45. The van der Waals surface area contributed by atoms with Crippen molar-refractivity contribution >= 4 is 34.5 Å². The summed E-state index contributed by atoms with van der Waals surface area (Å²) in [7, 11) is 0. The fraction of sp³-hybridized carbons (Fsp3) is 0.158. The third-order valence-corrected chi connectivity index (χ3v) is 5.05. The second-order valence-electron chi connectivity index (χ2n) is 5.63. The summed E-state index contributed by atoms with van der Waals surface area (Å²) >= 11 is 7.77. The lowest BCUT2D eigenvalue weighted by atomic mass is 10.1. The summed E-state index contributed by atoms with van der Waals surface area (Å²) < 4.78 is 0. The molecule has 5 heteroatoms. The number of thiazole rings is 1. The van der Waals surface area contributed by atoms with Crippen LogP contribution in [0.25, 0.3) is 11.3 Å². The van der Waals surface area contributed by atoms with Gasteiger partial charge in [0.2, 0.25) is 0 Å². The first-order valence-corrected chi connectivity index (χ1v) is 8.75. The van der Waals surface area contributed by atoms with E-state index in [-0.39, 0.29) is 5.91 Å². The molecule has 0 unspecified atom stereocenters. The predicted molar refractivity (Wildman–Crippen MR) is 101 cm³/mol. The van der Waals surface area contributed by atoms with Crippen LogP contribution in [0.2, 0.25) is 5.02 Å². The second kappa shape index (κ2) is 6.75. The Labute approximate surface area is 150 Å². The SMILES string of the molecule is Cc1nc(-c2ccc(C(=O)Nc3ccc(C)c(Cl)c3)cc2)c(C)s1. The molecule has 1 heterocycles. The van der Waals surface area contributed by atoms with Gasteiger partial charge in [0, 0.05) is 26.7 Å². The molecule has 0 saturated heterocycles. The molecule has 3 nitrogen and oxygen atoms in total. The minimum Gasteiger partial charge on any atom is -0.322 e. The number of amides is 1. The number of rotatable bonds is 3. The third-order valence-electron chi connectivity index (χ3n) is 3.75. The smallest absolute Gasteiger partial charge is 0.255 e. The Morgan fingerprint density at radius 1 is 1.08 bits per heavy atom. The van der Waals surface area contributed by atoms with Gasteiger partial charge in [-0.25, -0.2) is 4.98 Å². The molecule has 0 radical (unpaired) electrons. The van der Waals surface area contributed by atoms with E-state index in [1.165, 1.54) is 4.88 Å². The van der Waals surface area contributed by atoms with Gasteiger partial charge in [-0.1, -0.05) is 29.8 Å². The molecule has 0 atom stereocenters. The summed E-state index contributed by atoms with van der Waals surface area (Å²) in [5.41, 5.74) is 4.26. The first-order chi connectivity index (χ1) is 11.4. The lowest BCUT2D eigenvalue weighted by molar-refractivity contribution is 0.102. The highest BCUT2D eigenvalue weighted by atomic mass is 35.5. The van der Waals surface area contributed by atoms with Gasteiger partial charge in [-0.2, -0.15) is 0 Å². The van der Waals surface area contributed by atoms with Gasteiger partial charge in [0.05, 0.1) is 10.7 Å². The molecule has 0 saturated carbocycles. The van der Waals surface area contributed by atoms with Crippen LogP contribution in [0, 0.1) is 20.8 Å². The van der Waals surface area contributed by atoms with Crippen LogP contribution < -0.4 is 5.32 Å². The molecule has 0 aliphatic heterocycles. The van der Waals surface area contributed by atoms with E-state index in [0.717, 1.165) is 21.8 Å². The average molecular weight is 357 g/mol. The van der Waals surface area contributed by atoms with E-state index >= 15 is 0 Å². The number of hydrogen-bond donors (Lipinski definition) is 1. The van der Waals surface area contributed by atoms with E-state index in [2.05, 4.69) is 17.2 Å². The Bertz CT molecular complexity index is 900. The highest BCUT2D eigenvalue weighted by Crippen LogP contribution is 2.27. The summed E-state index contributed by atoms with van der Waals surface area (Å²) in [5, 5.41) is 4.54. The van der Waals surface area contributed by atoms with Gasteiger partial charge >= 0.3 is 0 Å². The van der Waals surface area contributed by atoms with Crippen LogP contribution in [-0.2, 0) is 0 Å². The molecule has 1 amide bonds. The van der Waals surface area contributed by atoms with Gasteiger partial charge in [0.1, 0.15) is 0 Å². The Morgan fingerprint density at radius 2 is 1.79 bits per heavy atom. The number of halogens is 1. The summed E-state index contributed by atoms with van der Waals surface area (Å²) in [6.07, 6.45) is 0. The quantitative estimate of drug-likeness (QED) is 0.659. The van der Waals surface area contributed by atoms with Crippen molar-refractivity contribution in [1.29, 1.82) is 0 Å². The Morgan fingerprint density at radius 3 is 2.38 bits per heavy atom. The highest BCUT2D eigenvalue weighted by molar-refractivity contribution is 7.11. The molecule has 3 aromatic rings. The molecule has 0 bridgehead atoms. The third kappa shape index (κ3) is 3.50. The van der Waals surface area contributed by atoms with Gasteiger partial charge in [-0.3, -0.25) is 4.79 Å². The minimum absolute atomic E-state index is 0.160. The standard InChI is InChI=1S/C19H17ClN2OS/c1-11-4-9-16(10-17(11)20)22-19(23)15-7-5-14(6-8-15)18-12(2)24-13(3)21-18/h4-10H,1-3H3,(H,22,23). The van der Waals surface area contributed by atoms with Crippen LogP contribution in [0.3, 0.4) is 0 Å². The van der Waals surface area contributed by atoms with Crippen molar-refractivity contribution < 1.29 is 4.79 Å². The van der Waals surface area contributed by atoms with Crippen molar-refractivity contribution in [3.63, 3.8) is 0 Å². The van der Waals surface area contributed by atoms with Crippen LogP contribution in [0.5, 0.6) is 0 Å². The molecule has 0 aliphatic carbocycles. The molecule has 122 valence electrons. The molecule has 0 spiro atoms. The van der Waals surface area contributed by atoms with E-state index in [4.69, 9.17) is 11.6 Å². The van der Waals surface area contributed by atoms with Crippen molar-refractivity contribution in [2.45, 2.75) is 20.8 Å². The van der Waals surface area contributed by atoms with Gasteiger partial charge in [0.15, 0.2) is 0 Å². The number of benzene rings is 2. The van der Waals surface area contributed by atoms with Gasteiger partial charge < -0.3 is 5.32 Å². The number of aryl methyl sites for hydroxylation is 3. The van der Waals surface area contributed by atoms with E-state index in [9.17, 15) is 4.79 Å². The second-order valence-corrected chi connectivity index (χ2v) is 7.45. The normalized spacial score (nSPS) is 10.7. The van der Waals surface area contributed by atoms with E-state index in [1.807, 2.05) is 50.2 Å². The molecule has 0 fully saturated rings. The van der Waals surface area contributed by atoms with E-state index < -0.39 is 0 Å². The monoisotopic (exact) mass is 356 g/mol. The number of anilines is 1. The maximum absolute atomic E-state index is 12.4. The first kappa shape index (κ1) is 16.7. The summed E-state index contributed by atoms with van der Waals surface area (Å²) in [4.78, 5) is 18.1. The maximum atomic E-state index is 12.4. The number of nitrogens with one attached hydrogen (secondary N) is 1. The summed E-state index contributed by atoms with van der Waals surface area (Å²) in [6.45, 7) is 5.98. The van der Waals surface area contributed by atoms with Crippen LogP contribution in [0.4, 0.5) is 5.69 Å². The Kier molecular flexibility index (Phi) is 4.69. The Balaban J connectivity index is 1.78. The van der Waals surface area contributed by atoms with Crippen LogP contribution in [0.15, 0.2) is 42.5 Å². The zero-order valence-electron chi connectivity index (χ0n) is 13.7. The summed E-state index contributed by atoms with van der Waals surface area (Å²) in [6, 6.07) is 13.0. The average Bonchev–Trinajstić information content (AvgIpc) is 2.89. The van der Waals surface area contributed by atoms with Crippen molar-refractivity contribution in [1.82, 2.24) is 4.98 Å². The fourth-order valence-corrected chi connectivity index (χ4v) is 3.47. The first-order valence-electron chi connectivity index (χ1n) is 7.56. The molecule has 3 rings (SSSR count). The number of carbonyl (C=O) groups is 1. The number of nitrogens with zero attached hydrogens (tertiary/aromatic N) is 1. The number of aromatic nitrogens is 1. The number of carbonyl (C=O) groups excluding carboxylic acids is 1. The van der Waals surface area contributed by atoms with Crippen molar-refractivity contribution in [3.05, 3.63) is 68.5 Å². The minimum atomic E-state index is -0.160. The lowest BCUT2D eigenvalue weighted by Crippen LogP contribution is -2.11. The molecule has 1 aromatic heterocycles.